The maximum atomic E-state index is 12.9. The molecule has 0 saturated heterocycles. The van der Waals surface area contributed by atoms with Gasteiger partial charge in [0.15, 0.2) is 6.10 Å². The Morgan fingerprint density at radius 3 is 2.48 bits per heavy atom. The van der Waals surface area contributed by atoms with Crippen molar-refractivity contribution >= 4 is 11.9 Å². The van der Waals surface area contributed by atoms with E-state index in [1.54, 1.807) is 47.4 Å². The monoisotopic (exact) mass is 368 g/mol. The molecule has 138 valence electrons. The van der Waals surface area contributed by atoms with E-state index in [1.165, 1.54) is 25.4 Å². The maximum absolute atomic E-state index is 12.9. The summed E-state index contributed by atoms with van der Waals surface area (Å²) in [5, 5.41) is 6.64. The summed E-state index contributed by atoms with van der Waals surface area (Å²) in [4.78, 5) is 28.1. The number of amides is 1. The topological polar surface area (TPSA) is 86.1 Å². The predicted molar refractivity (Wildman–Crippen MR) is 94.5 cm³/mol. The second-order valence-corrected chi connectivity index (χ2v) is 5.78. The van der Waals surface area contributed by atoms with Crippen LogP contribution < -0.4 is 5.32 Å². The molecule has 0 spiro atoms. The molecule has 8 heteroatoms. The molecule has 0 fully saturated rings. The normalized spacial score (nSPS) is 11.6. The van der Waals surface area contributed by atoms with E-state index in [0.29, 0.717) is 5.56 Å². The van der Waals surface area contributed by atoms with E-state index in [-0.39, 0.29) is 12.4 Å². The van der Waals surface area contributed by atoms with Crippen LogP contribution in [-0.2, 0) is 16.1 Å². The van der Waals surface area contributed by atoms with Crippen molar-refractivity contribution in [2.75, 3.05) is 0 Å². The highest BCUT2D eigenvalue weighted by molar-refractivity contribution is 5.92. The third-order valence-corrected chi connectivity index (χ3v) is 3.82. The largest absolute Gasteiger partial charge is 0.449 e. The van der Waals surface area contributed by atoms with E-state index in [0.717, 1.165) is 11.3 Å². The van der Waals surface area contributed by atoms with Crippen molar-refractivity contribution in [3.63, 3.8) is 0 Å². The first-order valence-corrected chi connectivity index (χ1v) is 8.21. The Morgan fingerprint density at radius 1 is 1.15 bits per heavy atom. The van der Waals surface area contributed by atoms with Crippen LogP contribution in [0.4, 0.5) is 4.39 Å². The second kappa shape index (κ2) is 8.22. The van der Waals surface area contributed by atoms with Gasteiger partial charge in [-0.25, -0.2) is 18.9 Å². The summed E-state index contributed by atoms with van der Waals surface area (Å²) in [6.45, 7) is 1.70. The molecule has 1 aromatic heterocycles. The fourth-order valence-electron chi connectivity index (χ4n) is 2.31. The van der Waals surface area contributed by atoms with Gasteiger partial charge in [-0.2, -0.15) is 5.10 Å². The Balaban J connectivity index is 1.53. The number of carbonyl (C=O) groups is 2. The lowest BCUT2D eigenvalue weighted by Gasteiger charge is -2.14. The number of nitrogens with zero attached hydrogens (tertiary/aromatic N) is 3. The van der Waals surface area contributed by atoms with Gasteiger partial charge in [0.05, 0.1) is 11.3 Å². The molecule has 1 N–H and O–H groups in total. The number of halogens is 1. The quantitative estimate of drug-likeness (QED) is 0.675. The maximum Gasteiger partial charge on any atom is 0.338 e. The summed E-state index contributed by atoms with van der Waals surface area (Å²) < 4.78 is 19.6. The van der Waals surface area contributed by atoms with E-state index in [4.69, 9.17) is 4.74 Å². The average molecular weight is 368 g/mol. The molecule has 3 rings (SSSR count). The Kier molecular flexibility index (Phi) is 5.55. The van der Waals surface area contributed by atoms with Crippen LogP contribution in [0.5, 0.6) is 0 Å². The Bertz CT molecular complexity index is 909. The molecule has 7 nitrogen and oxygen atoms in total. The number of esters is 1. The molecule has 0 bridgehead atoms. The van der Waals surface area contributed by atoms with Gasteiger partial charge in [0.2, 0.25) is 0 Å². The number of ether oxygens (including phenoxy) is 1. The van der Waals surface area contributed by atoms with Crippen LogP contribution in [0.1, 0.15) is 22.8 Å². The molecule has 0 radical (unpaired) electrons. The molecular weight excluding hydrogens is 351 g/mol. The lowest BCUT2D eigenvalue weighted by atomic mass is 10.2. The predicted octanol–water partition coefficient (Wildman–Crippen LogP) is 2.27. The minimum absolute atomic E-state index is 0.216. The molecular formula is C19H17FN4O3. The molecule has 1 amide bonds. The smallest absolute Gasteiger partial charge is 0.338 e. The van der Waals surface area contributed by atoms with E-state index >= 15 is 0 Å². The van der Waals surface area contributed by atoms with E-state index in [9.17, 15) is 14.0 Å². The Labute approximate surface area is 154 Å². The first-order valence-electron chi connectivity index (χ1n) is 8.21. The van der Waals surface area contributed by atoms with Crippen LogP contribution >= 0.6 is 0 Å². The summed E-state index contributed by atoms with van der Waals surface area (Å²) in [6, 6.07) is 12.3. The third-order valence-electron chi connectivity index (χ3n) is 3.82. The highest BCUT2D eigenvalue weighted by Gasteiger charge is 2.18. The standard InChI is InChI=1S/C19H17FN4O3/c1-13(18(25)22-10-14-2-6-16(20)7-3-14)27-19(26)15-4-8-17(9-5-15)24-12-21-11-23-24/h2-9,11-13H,10H2,1H3,(H,22,25)/t13-/m1/s1. The fraction of sp³-hybridized carbons (Fsp3) is 0.158. The van der Waals surface area contributed by atoms with Crippen molar-refractivity contribution in [1.29, 1.82) is 0 Å². The summed E-state index contributed by atoms with van der Waals surface area (Å²) >= 11 is 0. The Hall–Kier alpha value is -3.55. The van der Waals surface area contributed by atoms with Crippen molar-refractivity contribution in [1.82, 2.24) is 20.1 Å². The summed E-state index contributed by atoms with van der Waals surface area (Å²) in [5.74, 6) is -1.39. The van der Waals surface area contributed by atoms with Gasteiger partial charge < -0.3 is 10.1 Å². The van der Waals surface area contributed by atoms with Crippen molar-refractivity contribution in [2.45, 2.75) is 19.6 Å². The van der Waals surface area contributed by atoms with Crippen LogP contribution in [0.25, 0.3) is 5.69 Å². The molecule has 3 aromatic rings. The fourth-order valence-corrected chi connectivity index (χ4v) is 2.31. The highest BCUT2D eigenvalue weighted by Crippen LogP contribution is 2.10. The minimum atomic E-state index is -0.965. The summed E-state index contributed by atoms with van der Waals surface area (Å²) in [7, 11) is 0. The molecule has 0 aliphatic heterocycles. The van der Waals surface area contributed by atoms with Gasteiger partial charge in [0, 0.05) is 6.54 Å². The first kappa shape index (κ1) is 18.2. The van der Waals surface area contributed by atoms with Gasteiger partial charge >= 0.3 is 5.97 Å². The van der Waals surface area contributed by atoms with Crippen molar-refractivity contribution in [3.05, 3.63) is 78.1 Å². The van der Waals surface area contributed by atoms with Crippen LogP contribution in [0, 0.1) is 5.82 Å². The van der Waals surface area contributed by atoms with Gasteiger partial charge in [0.25, 0.3) is 5.91 Å². The van der Waals surface area contributed by atoms with Gasteiger partial charge in [0.1, 0.15) is 18.5 Å². The molecule has 0 unspecified atom stereocenters. The summed E-state index contributed by atoms with van der Waals surface area (Å²) in [5.41, 5.74) is 1.80. The zero-order chi connectivity index (χ0) is 19.2. The van der Waals surface area contributed by atoms with Gasteiger partial charge in [-0.3, -0.25) is 4.79 Å². The van der Waals surface area contributed by atoms with E-state index in [1.807, 2.05) is 0 Å². The number of hydrogen-bond acceptors (Lipinski definition) is 5. The molecule has 1 atom stereocenters. The zero-order valence-corrected chi connectivity index (χ0v) is 14.5. The number of aromatic nitrogens is 3. The van der Waals surface area contributed by atoms with Crippen molar-refractivity contribution in [2.24, 2.45) is 0 Å². The van der Waals surface area contributed by atoms with E-state index in [2.05, 4.69) is 15.4 Å². The molecule has 2 aromatic carbocycles. The number of hydrogen-bond donors (Lipinski definition) is 1. The average Bonchev–Trinajstić information content (AvgIpc) is 3.22. The SMILES string of the molecule is C[C@@H](OC(=O)c1ccc(-n2cncn2)cc1)C(=O)NCc1ccc(F)cc1. The van der Waals surface area contributed by atoms with Crippen LogP contribution in [0.2, 0.25) is 0 Å². The summed E-state index contributed by atoms with van der Waals surface area (Å²) in [6.07, 6.45) is 1.99. The van der Waals surface area contributed by atoms with E-state index < -0.39 is 18.0 Å². The van der Waals surface area contributed by atoms with Crippen LogP contribution in [-0.4, -0.2) is 32.7 Å². The molecule has 0 aliphatic carbocycles. The molecule has 0 aliphatic rings. The van der Waals surface area contributed by atoms with Gasteiger partial charge in [-0.15, -0.1) is 0 Å². The zero-order valence-electron chi connectivity index (χ0n) is 14.5. The number of carbonyl (C=O) groups excluding carboxylic acids is 2. The second-order valence-electron chi connectivity index (χ2n) is 5.78. The third kappa shape index (κ3) is 4.75. The van der Waals surface area contributed by atoms with Crippen LogP contribution in [0.15, 0.2) is 61.2 Å². The molecule has 0 saturated carbocycles. The lowest BCUT2D eigenvalue weighted by molar-refractivity contribution is -0.129. The van der Waals surface area contributed by atoms with Crippen LogP contribution in [0.3, 0.4) is 0 Å². The highest BCUT2D eigenvalue weighted by atomic mass is 19.1. The van der Waals surface area contributed by atoms with Gasteiger partial charge in [-0.1, -0.05) is 12.1 Å². The van der Waals surface area contributed by atoms with Crippen molar-refractivity contribution < 1.29 is 18.7 Å². The molecule has 27 heavy (non-hydrogen) atoms. The first-order chi connectivity index (χ1) is 13.0. The lowest BCUT2D eigenvalue weighted by Crippen LogP contribution is -2.35. The number of rotatable bonds is 6. The number of benzene rings is 2. The van der Waals surface area contributed by atoms with Gasteiger partial charge in [-0.05, 0) is 48.9 Å². The van der Waals surface area contributed by atoms with Crippen molar-refractivity contribution in [3.8, 4) is 5.69 Å². The Morgan fingerprint density at radius 2 is 1.85 bits per heavy atom. The molecule has 1 heterocycles. The number of nitrogens with one attached hydrogen (secondary N) is 1. The minimum Gasteiger partial charge on any atom is -0.449 e.